The zero-order chi connectivity index (χ0) is 20.8. The molecule has 0 spiro atoms. The normalized spacial score (nSPS) is 10.6. The van der Waals surface area contributed by atoms with E-state index in [2.05, 4.69) is 15.3 Å². The predicted molar refractivity (Wildman–Crippen MR) is 111 cm³/mol. The molecule has 0 aliphatic carbocycles. The predicted octanol–water partition coefficient (Wildman–Crippen LogP) is 2.05. The van der Waals surface area contributed by atoms with Gasteiger partial charge in [-0.15, -0.1) is 11.3 Å². The molecule has 29 heavy (non-hydrogen) atoms. The molecule has 0 bridgehead atoms. The topological polar surface area (TPSA) is 95.3 Å². The molecule has 3 aromatic rings. The molecule has 0 unspecified atom stereocenters. The molecule has 0 fully saturated rings. The van der Waals surface area contributed by atoms with Gasteiger partial charge in [-0.05, 0) is 25.1 Å². The summed E-state index contributed by atoms with van der Waals surface area (Å²) in [6, 6.07) is 7.06. The smallest absolute Gasteiger partial charge is 0.253 e. The maximum Gasteiger partial charge on any atom is 0.253 e. The average molecular weight is 414 g/mol. The number of benzene rings is 1. The van der Waals surface area contributed by atoms with Crippen molar-refractivity contribution in [3.05, 3.63) is 57.7 Å². The molecule has 0 saturated heterocycles. The number of ether oxygens (including phenoxy) is 2. The highest BCUT2D eigenvalue weighted by molar-refractivity contribution is 7.13. The van der Waals surface area contributed by atoms with Gasteiger partial charge in [0.05, 0.1) is 26.2 Å². The van der Waals surface area contributed by atoms with E-state index < -0.39 is 0 Å². The van der Waals surface area contributed by atoms with Crippen molar-refractivity contribution in [2.24, 2.45) is 0 Å². The molecule has 8 nitrogen and oxygen atoms in total. The van der Waals surface area contributed by atoms with Crippen molar-refractivity contribution in [1.29, 1.82) is 0 Å². The number of aromatic nitrogens is 3. The van der Waals surface area contributed by atoms with Crippen LogP contribution in [-0.4, -0.2) is 41.2 Å². The Labute approximate surface area is 172 Å². The molecule has 2 heterocycles. The van der Waals surface area contributed by atoms with Crippen molar-refractivity contribution < 1.29 is 14.3 Å². The summed E-state index contributed by atoms with van der Waals surface area (Å²) in [4.78, 5) is 32.5. The monoisotopic (exact) mass is 414 g/mol. The van der Waals surface area contributed by atoms with Crippen molar-refractivity contribution in [2.75, 3.05) is 20.8 Å². The third-order valence-corrected chi connectivity index (χ3v) is 5.16. The molecule has 0 aliphatic rings. The van der Waals surface area contributed by atoms with Gasteiger partial charge in [-0.25, -0.2) is 9.97 Å². The Morgan fingerprint density at radius 1 is 1.21 bits per heavy atom. The number of thiazole rings is 1. The molecule has 3 rings (SSSR count). The van der Waals surface area contributed by atoms with Crippen LogP contribution in [0.5, 0.6) is 11.5 Å². The second-order valence-corrected chi connectivity index (χ2v) is 7.17. The molecule has 0 radical (unpaired) electrons. The van der Waals surface area contributed by atoms with E-state index in [9.17, 15) is 9.59 Å². The summed E-state index contributed by atoms with van der Waals surface area (Å²) in [5, 5.41) is 5.64. The van der Waals surface area contributed by atoms with Crippen LogP contribution in [0.25, 0.3) is 10.6 Å². The molecular formula is C20H22N4O4S. The van der Waals surface area contributed by atoms with Gasteiger partial charge in [-0.3, -0.25) is 14.2 Å². The Morgan fingerprint density at radius 3 is 2.72 bits per heavy atom. The van der Waals surface area contributed by atoms with Gasteiger partial charge in [0.15, 0.2) is 11.5 Å². The summed E-state index contributed by atoms with van der Waals surface area (Å²) in [5.41, 5.74) is 2.20. The van der Waals surface area contributed by atoms with Crippen LogP contribution < -0.4 is 20.3 Å². The van der Waals surface area contributed by atoms with E-state index in [4.69, 9.17) is 9.47 Å². The molecule has 0 saturated carbocycles. The number of hydrogen-bond donors (Lipinski definition) is 1. The maximum atomic E-state index is 12.1. The number of carbonyl (C=O) groups is 1. The Hall–Kier alpha value is -3.20. The minimum absolute atomic E-state index is 0.0555. The van der Waals surface area contributed by atoms with E-state index in [0.29, 0.717) is 30.2 Å². The Balaban J connectivity index is 1.55. The number of amides is 1. The summed E-state index contributed by atoms with van der Waals surface area (Å²) >= 11 is 1.53. The van der Waals surface area contributed by atoms with Crippen LogP contribution >= 0.6 is 11.3 Å². The summed E-state index contributed by atoms with van der Waals surface area (Å²) in [7, 11) is 3.19. The molecule has 1 N–H and O–H groups in total. The summed E-state index contributed by atoms with van der Waals surface area (Å²) < 4.78 is 11.9. The number of methoxy groups -OCH3 is 2. The lowest BCUT2D eigenvalue weighted by molar-refractivity contribution is -0.121. The van der Waals surface area contributed by atoms with Crippen molar-refractivity contribution in [2.45, 2.75) is 19.9 Å². The third-order valence-electron chi connectivity index (χ3n) is 4.22. The van der Waals surface area contributed by atoms with Gasteiger partial charge in [0.2, 0.25) is 5.91 Å². The minimum Gasteiger partial charge on any atom is -0.493 e. The zero-order valence-corrected chi connectivity index (χ0v) is 17.3. The first-order valence-corrected chi connectivity index (χ1v) is 9.84. The van der Waals surface area contributed by atoms with Gasteiger partial charge in [-0.2, -0.15) is 0 Å². The largest absolute Gasteiger partial charge is 0.493 e. The zero-order valence-electron chi connectivity index (χ0n) is 16.5. The molecule has 9 heteroatoms. The van der Waals surface area contributed by atoms with Gasteiger partial charge in [0, 0.05) is 35.7 Å². The number of carbonyl (C=O) groups excluding carboxylic acids is 1. The van der Waals surface area contributed by atoms with E-state index in [-0.39, 0.29) is 18.0 Å². The summed E-state index contributed by atoms with van der Waals surface area (Å²) in [6.45, 7) is 2.11. The van der Waals surface area contributed by atoms with Crippen LogP contribution in [-0.2, 0) is 17.8 Å². The van der Waals surface area contributed by atoms with E-state index in [1.807, 2.05) is 23.6 Å². The third kappa shape index (κ3) is 5.20. The fourth-order valence-electron chi connectivity index (χ4n) is 2.70. The highest BCUT2D eigenvalue weighted by Gasteiger charge is 2.10. The first-order valence-electron chi connectivity index (χ1n) is 8.96. The number of aryl methyl sites for hydroxylation is 1. The quantitative estimate of drug-likeness (QED) is 0.606. The molecule has 0 aliphatic heterocycles. The van der Waals surface area contributed by atoms with Crippen molar-refractivity contribution in [3.8, 4) is 22.1 Å². The van der Waals surface area contributed by atoms with Gasteiger partial charge < -0.3 is 14.8 Å². The number of rotatable bonds is 8. The Bertz CT molecular complexity index is 1060. The van der Waals surface area contributed by atoms with Crippen LogP contribution in [0, 0.1) is 6.92 Å². The van der Waals surface area contributed by atoms with Crippen LogP contribution in [0.2, 0.25) is 0 Å². The molecule has 0 atom stereocenters. The first kappa shape index (κ1) is 20.5. The van der Waals surface area contributed by atoms with Crippen LogP contribution in [0.1, 0.15) is 11.4 Å². The highest BCUT2D eigenvalue weighted by atomic mass is 32.1. The molecule has 2 aromatic heterocycles. The van der Waals surface area contributed by atoms with E-state index in [1.165, 1.54) is 28.3 Å². The average Bonchev–Trinajstić information content (AvgIpc) is 3.18. The molecule has 1 aromatic carbocycles. The Morgan fingerprint density at radius 2 is 2.00 bits per heavy atom. The second kappa shape index (κ2) is 9.33. The van der Waals surface area contributed by atoms with Crippen molar-refractivity contribution >= 4 is 17.2 Å². The highest BCUT2D eigenvalue weighted by Crippen LogP contribution is 2.33. The van der Waals surface area contributed by atoms with Crippen LogP contribution in [0.4, 0.5) is 0 Å². The standard InChI is InChI=1S/C20H22N4O4S/c1-13-8-19(26)24(12-22-13)10-18(25)21-7-6-15-11-29-20(23-15)14-4-5-16(27-2)17(9-14)28-3/h4-5,8-9,11-12H,6-7,10H2,1-3H3,(H,21,25). The SMILES string of the molecule is COc1ccc(-c2nc(CCNC(=O)Cn3cnc(C)cc3=O)cs2)cc1OC. The maximum absolute atomic E-state index is 12.1. The fraction of sp³-hybridized carbons (Fsp3) is 0.300. The van der Waals surface area contributed by atoms with Gasteiger partial charge in [0.1, 0.15) is 11.6 Å². The van der Waals surface area contributed by atoms with Gasteiger partial charge in [0.25, 0.3) is 5.56 Å². The fourth-order valence-corrected chi connectivity index (χ4v) is 3.55. The van der Waals surface area contributed by atoms with Gasteiger partial charge in [-0.1, -0.05) is 0 Å². The minimum atomic E-state index is -0.244. The lowest BCUT2D eigenvalue weighted by Gasteiger charge is -2.08. The molecule has 152 valence electrons. The van der Waals surface area contributed by atoms with Crippen molar-refractivity contribution in [1.82, 2.24) is 19.9 Å². The van der Waals surface area contributed by atoms with E-state index in [1.54, 1.807) is 21.1 Å². The van der Waals surface area contributed by atoms with Crippen LogP contribution in [0.15, 0.2) is 40.8 Å². The Kier molecular flexibility index (Phi) is 6.61. The number of nitrogens with zero attached hydrogens (tertiary/aromatic N) is 3. The first-order chi connectivity index (χ1) is 14.0. The van der Waals surface area contributed by atoms with Crippen molar-refractivity contribution in [3.63, 3.8) is 0 Å². The summed E-state index contributed by atoms with van der Waals surface area (Å²) in [6.07, 6.45) is 1.98. The van der Waals surface area contributed by atoms with E-state index >= 15 is 0 Å². The molecular weight excluding hydrogens is 392 g/mol. The van der Waals surface area contributed by atoms with Gasteiger partial charge >= 0.3 is 0 Å². The number of hydrogen-bond acceptors (Lipinski definition) is 7. The molecule has 1 amide bonds. The summed E-state index contributed by atoms with van der Waals surface area (Å²) in [5.74, 6) is 1.07. The lowest BCUT2D eigenvalue weighted by atomic mass is 10.2. The van der Waals surface area contributed by atoms with E-state index in [0.717, 1.165) is 16.3 Å². The second-order valence-electron chi connectivity index (χ2n) is 6.31. The van der Waals surface area contributed by atoms with Crippen LogP contribution in [0.3, 0.4) is 0 Å². The number of nitrogens with one attached hydrogen (secondary N) is 1. The lowest BCUT2D eigenvalue weighted by Crippen LogP contribution is -2.33.